The van der Waals surface area contributed by atoms with Crippen molar-refractivity contribution in [1.82, 2.24) is 20.0 Å². The Balaban J connectivity index is 1.78. The maximum Gasteiger partial charge on any atom is 0.255 e. The first-order valence-electron chi connectivity index (χ1n) is 9.94. The quantitative estimate of drug-likeness (QED) is 0.574. The number of benzene rings is 2. The van der Waals surface area contributed by atoms with E-state index >= 15 is 0 Å². The predicted octanol–water partition coefficient (Wildman–Crippen LogP) is 4.00. The number of nitrogens with one attached hydrogen (secondary N) is 1. The summed E-state index contributed by atoms with van der Waals surface area (Å²) in [6, 6.07) is 19.7. The van der Waals surface area contributed by atoms with Crippen LogP contribution in [0.25, 0.3) is 16.9 Å². The van der Waals surface area contributed by atoms with E-state index in [1.807, 2.05) is 66.9 Å². The topological polar surface area (TPSA) is 50.2 Å². The lowest BCUT2D eigenvalue weighted by Crippen LogP contribution is -2.30. The second-order valence-electron chi connectivity index (χ2n) is 6.67. The summed E-state index contributed by atoms with van der Waals surface area (Å²) in [7, 11) is 0. The van der Waals surface area contributed by atoms with Crippen LogP contribution in [0, 0.1) is 0 Å². The van der Waals surface area contributed by atoms with Crippen molar-refractivity contribution < 1.29 is 4.79 Å². The van der Waals surface area contributed by atoms with E-state index in [1.54, 1.807) is 4.68 Å². The highest BCUT2D eigenvalue weighted by Crippen LogP contribution is 2.23. The highest BCUT2D eigenvalue weighted by molar-refractivity contribution is 5.99. The van der Waals surface area contributed by atoms with Gasteiger partial charge >= 0.3 is 0 Å². The zero-order valence-electron chi connectivity index (χ0n) is 16.6. The van der Waals surface area contributed by atoms with Gasteiger partial charge in [0.15, 0.2) is 0 Å². The Kier molecular flexibility index (Phi) is 6.98. The fraction of sp³-hybridized carbons (Fsp3) is 0.304. The van der Waals surface area contributed by atoms with E-state index in [2.05, 4.69) is 24.1 Å². The molecule has 0 fully saturated rings. The van der Waals surface area contributed by atoms with Gasteiger partial charge in [0.1, 0.15) is 5.69 Å². The van der Waals surface area contributed by atoms with Gasteiger partial charge in [0.25, 0.3) is 5.91 Å². The molecule has 0 saturated heterocycles. The summed E-state index contributed by atoms with van der Waals surface area (Å²) < 4.78 is 1.77. The van der Waals surface area contributed by atoms with E-state index in [1.165, 1.54) is 0 Å². The number of rotatable bonds is 9. The number of aromatic nitrogens is 2. The molecule has 0 spiro atoms. The molecule has 5 heteroatoms. The number of carbonyl (C=O) groups excluding carboxylic acids is 1. The lowest BCUT2D eigenvalue weighted by atomic mass is 10.1. The van der Waals surface area contributed by atoms with Crippen LogP contribution >= 0.6 is 0 Å². The molecule has 0 saturated carbocycles. The summed E-state index contributed by atoms with van der Waals surface area (Å²) in [5.74, 6) is -0.0828. The van der Waals surface area contributed by atoms with Crippen molar-refractivity contribution >= 4 is 5.91 Å². The molecule has 0 aliphatic heterocycles. The van der Waals surface area contributed by atoms with E-state index in [4.69, 9.17) is 5.10 Å². The first-order valence-corrected chi connectivity index (χ1v) is 9.94. The number of hydrogen-bond acceptors (Lipinski definition) is 3. The Hall–Kier alpha value is -2.92. The minimum Gasteiger partial charge on any atom is -0.352 e. The predicted molar refractivity (Wildman–Crippen MR) is 114 cm³/mol. The van der Waals surface area contributed by atoms with Crippen molar-refractivity contribution in [2.45, 2.75) is 20.3 Å². The Morgan fingerprint density at radius 2 is 1.64 bits per heavy atom. The van der Waals surface area contributed by atoms with Crippen LogP contribution in [0.2, 0.25) is 0 Å². The summed E-state index contributed by atoms with van der Waals surface area (Å²) in [6.45, 7) is 8.03. The van der Waals surface area contributed by atoms with Gasteiger partial charge < -0.3 is 10.2 Å². The number of nitrogens with zero attached hydrogens (tertiary/aromatic N) is 3. The fourth-order valence-corrected chi connectivity index (χ4v) is 3.20. The van der Waals surface area contributed by atoms with Gasteiger partial charge in [0.2, 0.25) is 0 Å². The van der Waals surface area contributed by atoms with Gasteiger partial charge in [-0.25, -0.2) is 4.68 Å². The molecule has 1 N–H and O–H groups in total. The van der Waals surface area contributed by atoms with Gasteiger partial charge in [0.05, 0.1) is 11.3 Å². The van der Waals surface area contributed by atoms with Crippen LogP contribution in [0.15, 0.2) is 66.9 Å². The third-order valence-corrected chi connectivity index (χ3v) is 4.86. The third kappa shape index (κ3) is 4.87. The summed E-state index contributed by atoms with van der Waals surface area (Å²) in [5.41, 5.74) is 3.16. The minimum absolute atomic E-state index is 0.0828. The van der Waals surface area contributed by atoms with Crippen molar-refractivity contribution in [2.24, 2.45) is 0 Å². The molecule has 0 radical (unpaired) electrons. The smallest absolute Gasteiger partial charge is 0.255 e. The highest BCUT2D eigenvalue weighted by Gasteiger charge is 2.18. The molecule has 0 bridgehead atoms. The molecule has 1 amide bonds. The van der Waals surface area contributed by atoms with Crippen molar-refractivity contribution in [3.8, 4) is 16.9 Å². The zero-order chi connectivity index (χ0) is 19.8. The summed E-state index contributed by atoms with van der Waals surface area (Å²) in [6.07, 6.45) is 2.75. The second-order valence-corrected chi connectivity index (χ2v) is 6.67. The van der Waals surface area contributed by atoms with E-state index < -0.39 is 0 Å². The molecular formula is C23H28N4O. The average Bonchev–Trinajstić information content (AvgIpc) is 3.21. The van der Waals surface area contributed by atoms with Crippen LogP contribution in [-0.2, 0) is 0 Å². The van der Waals surface area contributed by atoms with Gasteiger partial charge in [-0.05, 0) is 38.2 Å². The van der Waals surface area contributed by atoms with Gasteiger partial charge in [0, 0.05) is 18.3 Å². The number of carbonyl (C=O) groups is 1. The van der Waals surface area contributed by atoms with Gasteiger partial charge in [-0.15, -0.1) is 0 Å². The Morgan fingerprint density at radius 1 is 1.00 bits per heavy atom. The molecule has 0 aliphatic carbocycles. The molecular weight excluding hydrogens is 348 g/mol. The van der Waals surface area contributed by atoms with Crippen LogP contribution in [-0.4, -0.2) is 46.8 Å². The maximum atomic E-state index is 12.9. The van der Waals surface area contributed by atoms with Crippen LogP contribution in [0.3, 0.4) is 0 Å². The molecule has 0 aliphatic rings. The van der Waals surface area contributed by atoms with Gasteiger partial charge in [-0.2, -0.15) is 5.10 Å². The van der Waals surface area contributed by atoms with E-state index in [0.717, 1.165) is 37.3 Å². The second kappa shape index (κ2) is 9.85. The molecule has 0 unspecified atom stereocenters. The van der Waals surface area contributed by atoms with Gasteiger partial charge in [-0.3, -0.25) is 4.79 Å². The van der Waals surface area contributed by atoms with Gasteiger partial charge in [-0.1, -0.05) is 62.4 Å². The number of amides is 1. The third-order valence-electron chi connectivity index (χ3n) is 4.86. The molecule has 3 rings (SSSR count). The normalized spacial score (nSPS) is 11.0. The van der Waals surface area contributed by atoms with Crippen molar-refractivity contribution in [3.63, 3.8) is 0 Å². The Labute approximate surface area is 167 Å². The number of hydrogen-bond donors (Lipinski definition) is 1. The van der Waals surface area contributed by atoms with Crippen LogP contribution in [0.4, 0.5) is 0 Å². The molecule has 1 heterocycles. The largest absolute Gasteiger partial charge is 0.352 e. The first-order chi connectivity index (χ1) is 13.7. The SMILES string of the molecule is CCN(CC)CCCNC(=O)c1cn(-c2ccccc2)nc1-c1ccccc1. The van der Waals surface area contributed by atoms with E-state index in [-0.39, 0.29) is 5.91 Å². The maximum absolute atomic E-state index is 12.9. The molecule has 1 aromatic heterocycles. The van der Waals surface area contributed by atoms with E-state index in [0.29, 0.717) is 17.8 Å². The molecule has 2 aromatic carbocycles. The summed E-state index contributed by atoms with van der Waals surface area (Å²) in [4.78, 5) is 15.2. The molecule has 5 nitrogen and oxygen atoms in total. The van der Waals surface area contributed by atoms with Crippen LogP contribution in [0.5, 0.6) is 0 Å². The van der Waals surface area contributed by atoms with Crippen molar-refractivity contribution in [2.75, 3.05) is 26.2 Å². The zero-order valence-corrected chi connectivity index (χ0v) is 16.6. The van der Waals surface area contributed by atoms with Crippen molar-refractivity contribution in [1.29, 1.82) is 0 Å². The fourth-order valence-electron chi connectivity index (χ4n) is 3.20. The van der Waals surface area contributed by atoms with E-state index in [9.17, 15) is 4.79 Å². The molecule has 28 heavy (non-hydrogen) atoms. The minimum atomic E-state index is -0.0828. The lowest BCUT2D eigenvalue weighted by molar-refractivity contribution is 0.0952. The van der Waals surface area contributed by atoms with Crippen molar-refractivity contribution in [3.05, 3.63) is 72.4 Å². The average molecular weight is 377 g/mol. The highest BCUT2D eigenvalue weighted by atomic mass is 16.1. The molecule has 3 aromatic rings. The standard InChI is InChI=1S/C23H28N4O/c1-3-26(4-2)17-11-16-24-23(28)21-18-27(20-14-9-6-10-15-20)25-22(21)19-12-7-5-8-13-19/h5-10,12-15,18H,3-4,11,16-17H2,1-2H3,(H,24,28). The van der Waals surface area contributed by atoms with Crippen LogP contribution in [0.1, 0.15) is 30.6 Å². The van der Waals surface area contributed by atoms with Crippen LogP contribution < -0.4 is 5.32 Å². The summed E-state index contributed by atoms with van der Waals surface area (Å²) in [5, 5.41) is 7.76. The Bertz CT molecular complexity index is 870. The first kappa shape index (κ1) is 19.8. The summed E-state index contributed by atoms with van der Waals surface area (Å²) >= 11 is 0. The molecule has 0 atom stereocenters. The number of para-hydroxylation sites is 1. The lowest BCUT2D eigenvalue weighted by Gasteiger charge is -2.17. The Morgan fingerprint density at radius 3 is 2.29 bits per heavy atom. The molecule has 146 valence electrons. The monoisotopic (exact) mass is 376 g/mol.